The van der Waals surface area contributed by atoms with Gasteiger partial charge in [0.25, 0.3) is 0 Å². The van der Waals surface area contributed by atoms with Crippen LogP contribution in [0.5, 0.6) is 0 Å². The summed E-state index contributed by atoms with van der Waals surface area (Å²) in [6.45, 7) is 3.38. The fraction of sp³-hybridized carbons (Fsp3) is 0.667. The summed E-state index contributed by atoms with van der Waals surface area (Å²) >= 11 is 0. The maximum atomic E-state index is 13.1. The van der Waals surface area contributed by atoms with Gasteiger partial charge in [-0.1, -0.05) is 31.0 Å². The number of fused-ring (bicyclic) bond motifs is 1. The van der Waals surface area contributed by atoms with Gasteiger partial charge < -0.3 is 15.5 Å². The molecular weight excluding hydrogens is 362 g/mol. The van der Waals surface area contributed by atoms with Gasteiger partial charge in [0.1, 0.15) is 5.54 Å². The topological polar surface area (TPSA) is 61.4 Å². The van der Waals surface area contributed by atoms with Gasteiger partial charge in [0.05, 0.1) is 0 Å². The highest BCUT2D eigenvalue weighted by molar-refractivity contribution is 5.91. The molecule has 2 aliphatic heterocycles. The van der Waals surface area contributed by atoms with Gasteiger partial charge in [-0.15, -0.1) is 0 Å². The van der Waals surface area contributed by atoms with E-state index in [2.05, 4.69) is 21.6 Å². The van der Waals surface area contributed by atoms with E-state index in [0.29, 0.717) is 24.3 Å². The second kappa shape index (κ2) is 7.03. The molecule has 1 saturated heterocycles. The van der Waals surface area contributed by atoms with Crippen molar-refractivity contribution in [3.05, 3.63) is 29.8 Å². The Morgan fingerprint density at radius 1 is 1.17 bits per heavy atom. The molecule has 2 amide bonds. The molecule has 1 aromatic carbocycles. The Bertz CT molecular complexity index is 781. The van der Waals surface area contributed by atoms with Crippen molar-refractivity contribution in [3.63, 3.8) is 0 Å². The summed E-state index contributed by atoms with van der Waals surface area (Å²) in [5, 5.41) is 6.55. The lowest BCUT2D eigenvalue weighted by molar-refractivity contribution is -0.144. The maximum absolute atomic E-state index is 13.1. The van der Waals surface area contributed by atoms with Crippen LogP contribution in [0.3, 0.4) is 0 Å². The van der Waals surface area contributed by atoms with Gasteiger partial charge in [-0.05, 0) is 62.5 Å². The molecule has 29 heavy (non-hydrogen) atoms. The lowest BCUT2D eigenvalue weighted by atomic mass is 9.60. The number of carbonyl (C=O) groups is 2. The summed E-state index contributed by atoms with van der Waals surface area (Å²) in [7, 11) is 0. The molecule has 2 unspecified atom stereocenters. The molecule has 0 radical (unpaired) electrons. The van der Waals surface area contributed by atoms with Crippen LogP contribution in [-0.4, -0.2) is 41.4 Å². The molecule has 3 fully saturated rings. The second-order valence-corrected chi connectivity index (χ2v) is 10.1. The summed E-state index contributed by atoms with van der Waals surface area (Å²) in [4.78, 5) is 28.1. The van der Waals surface area contributed by atoms with E-state index in [1.165, 1.54) is 31.2 Å². The molecule has 2 heterocycles. The number of nitrogens with one attached hydrogen (secondary N) is 2. The van der Waals surface area contributed by atoms with Crippen LogP contribution in [0, 0.1) is 11.3 Å². The standard InChI is InChI=1S/C24H33N3O2/c1-23(13-17-7-2-3-9-20(17)26-23)22(29)25-16-19-8-6-12-27(19)21(28)18-14-24(15-18)10-4-5-11-24/h2-3,7,9,18-19,26H,4-6,8,10-16H2,1H3,(H,25,29). The van der Waals surface area contributed by atoms with Crippen molar-refractivity contribution >= 4 is 17.5 Å². The van der Waals surface area contributed by atoms with Gasteiger partial charge in [-0.3, -0.25) is 9.59 Å². The maximum Gasteiger partial charge on any atom is 0.245 e. The second-order valence-electron chi connectivity index (χ2n) is 10.1. The molecule has 2 saturated carbocycles. The number of benzene rings is 1. The molecule has 4 aliphatic rings. The number of hydrogen-bond acceptors (Lipinski definition) is 3. The number of likely N-dealkylation sites (tertiary alicyclic amines) is 1. The lowest BCUT2D eigenvalue weighted by Crippen LogP contribution is -2.54. The van der Waals surface area contributed by atoms with Crippen molar-refractivity contribution < 1.29 is 9.59 Å². The van der Waals surface area contributed by atoms with Crippen LogP contribution in [0.2, 0.25) is 0 Å². The zero-order chi connectivity index (χ0) is 20.1. The highest BCUT2D eigenvalue weighted by Crippen LogP contribution is 2.56. The average Bonchev–Trinajstić information content (AvgIpc) is 3.41. The number of hydrogen-bond donors (Lipinski definition) is 2. The van der Waals surface area contributed by atoms with E-state index in [4.69, 9.17) is 0 Å². The summed E-state index contributed by atoms with van der Waals surface area (Å²) in [6.07, 6.45) is 10.3. The Morgan fingerprint density at radius 3 is 2.69 bits per heavy atom. The Kier molecular flexibility index (Phi) is 4.60. The highest BCUT2D eigenvalue weighted by atomic mass is 16.2. The first-order chi connectivity index (χ1) is 14.0. The third-order valence-corrected chi connectivity index (χ3v) is 8.00. The molecule has 1 spiro atoms. The molecule has 2 atom stereocenters. The third kappa shape index (κ3) is 3.32. The van der Waals surface area contributed by atoms with E-state index in [9.17, 15) is 9.59 Å². The highest BCUT2D eigenvalue weighted by Gasteiger charge is 2.50. The minimum Gasteiger partial charge on any atom is -0.371 e. The molecule has 0 bridgehead atoms. The minimum atomic E-state index is -0.611. The summed E-state index contributed by atoms with van der Waals surface area (Å²) < 4.78 is 0. The zero-order valence-corrected chi connectivity index (χ0v) is 17.5. The largest absolute Gasteiger partial charge is 0.371 e. The van der Waals surface area contributed by atoms with Crippen molar-refractivity contribution in [1.82, 2.24) is 10.2 Å². The van der Waals surface area contributed by atoms with E-state index in [1.807, 2.05) is 25.1 Å². The quantitative estimate of drug-likeness (QED) is 0.820. The lowest BCUT2D eigenvalue weighted by Gasteiger charge is -2.46. The van der Waals surface area contributed by atoms with Gasteiger partial charge >= 0.3 is 0 Å². The number of para-hydroxylation sites is 1. The third-order valence-electron chi connectivity index (χ3n) is 8.00. The Balaban J connectivity index is 1.16. The number of rotatable bonds is 4. The van der Waals surface area contributed by atoms with E-state index >= 15 is 0 Å². The van der Waals surface area contributed by atoms with E-state index in [-0.39, 0.29) is 17.9 Å². The van der Waals surface area contributed by atoms with Crippen LogP contribution in [0.4, 0.5) is 5.69 Å². The fourth-order valence-corrected chi connectivity index (χ4v) is 6.33. The van der Waals surface area contributed by atoms with Gasteiger partial charge in [0, 0.05) is 37.2 Å². The molecule has 5 heteroatoms. The van der Waals surface area contributed by atoms with Gasteiger partial charge in [0.2, 0.25) is 11.8 Å². The molecular formula is C24H33N3O2. The first kappa shape index (κ1) is 19.0. The van der Waals surface area contributed by atoms with Crippen molar-refractivity contribution in [2.75, 3.05) is 18.4 Å². The van der Waals surface area contributed by atoms with Crippen molar-refractivity contribution in [2.45, 2.75) is 76.3 Å². The van der Waals surface area contributed by atoms with Gasteiger partial charge in [0.15, 0.2) is 0 Å². The first-order valence-corrected chi connectivity index (χ1v) is 11.4. The predicted molar refractivity (Wildman–Crippen MR) is 114 cm³/mol. The van der Waals surface area contributed by atoms with Crippen LogP contribution < -0.4 is 10.6 Å². The molecule has 2 aliphatic carbocycles. The molecule has 5 rings (SSSR count). The predicted octanol–water partition coefficient (Wildman–Crippen LogP) is 3.49. The summed E-state index contributed by atoms with van der Waals surface area (Å²) in [5.41, 5.74) is 2.13. The number of amides is 2. The molecule has 1 aromatic rings. The Morgan fingerprint density at radius 2 is 1.93 bits per heavy atom. The Hall–Kier alpha value is -2.04. The molecule has 156 valence electrons. The van der Waals surface area contributed by atoms with Crippen molar-refractivity contribution in [1.29, 1.82) is 0 Å². The summed E-state index contributed by atoms with van der Waals surface area (Å²) in [6, 6.07) is 8.27. The number of carbonyl (C=O) groups excluding carboxylic acids is 2. The minimum absolute atomic E-state index is 0.0292. The van der Waals surface area contributed by atoms with Crippen LogP contribution >= 0.6 is 0 Å². The van der Waals surface area contributed by atoms with Gasteiger partial charge in [-0.2, -0.15) is 0 Å². The van der Waals surface area contributed by atoms with Gasteiger partial charge in [-0.25, -0.2) is 0 Å². The number of nitrogens with zero attached hydrogens (tertiary/aromatic N) is 1. The molecule has 5 nitrogen and oxygen atoms in total. The van der Waals surface area contributed by atoms with E-state index in [0.717, 1.165) is 37.9 Å². The van der Waals surface area contributed by atoms with E-state index < -0.39 is 5.54 Å². The first-order valence-electron chi connectivity index (χ1n) is 11.4. The molecule has 0 aromatic heterocycles. The monoisotopic (exact) mass is 395 g/mol. The normalized spacial score (nSPS) is 30.1. The summed E-state index contributed by atoms with van der Waals surface area (Å²) in [5.74, 6) is 0.603. The zero-order valence-electron chi connectivity index (χ0n) is 17.5. The average molecular weight is 396 g/mol. The van der Waals surface area contributed by atoms with Crippen LogP contribution in [-0.2, 0) is 16.0 Å². The van der Waals surface area contributed by atoms with Crippen LogP contribution in [0.25, 0.3) is 0 Å². The molecule has 2 N–H and O–H groups in total. The van der Waals surface area contributed by atoms with Crippen LogP contribution in [0.15, 0.2) is 24.3 Å². The number of anilines is 1. The van der Waals surface area contributed by atoms with Crippen molar-refractivity contribution in [2.24, 2.45) is 11.3 Å². The Labute approximate surface area is 173 Å². The van der Waals surface area contributed by atoms with E-state index in [1.54, 1.807) is 0 Å². The smallest absolute Gasteiger partial charge is 0.245 e. The van der Waals surface area contributed by atoms with Crippen LogP contribution in [0.1, 0.15) is 63.9 Å². The fourth-order valence-electron chi connectivity index (χ4n) is 6.33. The SMILES string of the molecule is CC1(C(=O)NCC2CCCN2C(=O)C2CC3(CCCC3)C2)Cc2ccccc2N1. The van der Waals surface area contributed by atoms with Crippen molar-refractivity contribution in [3.8, 4) is 0 Å².